The van der Waals surface area contributed by atoms with E-state index >= 15 is 0 Å². The van der Waals surface area contributed by atoms with Gasteiger partial charge < -0.3 is 25.3 Å². The van der Waals surface area contributed by atoms with E-state index in [0.717, 1.165) is 18.2 Å². The number of carbonyl (C=O) groups excluding carboxylic acids is 1. The topological polar surface area (TPSA) is 111 Å². The average Bonchev–Trinajstić information content (AvgIpc) is 2.92. The maximum absolute atomic E-state index is 11.4. The predicted octanol–water partition coefficient (Wildman–Crippen LogP) is 0.772. The van der Waals surface area contributed by atoms with Gasteiger partial charge in [0, 0.05) is 18.9 Å². The van der Waals surface area contributed by atoms with Crippen molar-refractivity contribution in [2.24, 2.45) is 5.73 Å². The third-order valence-corrected chi connectivity index (χ3v) is 3.35. The molecule has 1 aliphatic heterocycles. The Hall–Kier alpha value is -2.82. The number of nitrogens with two attached hydrogens (primary N) is 1. The third-order valence-electron chi connectivity index (χ3n) is 3.35. The highest BCUT2D eigenvalue weighted by atomic mass is 16.5. The Morgan fingerprint density at radius 3 is 2.76 bits per heavy atom. The van der Waals surface area contributed by atoms with Crippen molar-refractivity contribution >= 4 is 5.91 Å². The van der Waals surface area contributed by atoms with Crippen LogP contribution in [-0.2, 0) is 6.54 Å². The summed E-state index contributed by atoms with van der Waals surface area (Å²) in [4.78, 5) is 15.7. The minimum atomic E-state index is -1.07. The number of aliphatic hydroxyl groups excluding tert-OH is 1. The van der Waals surface area contributed by atoms with Crippen molar-refractivity contribution in [1.82, 2.24) is 9.55 Å². The first-order valence-corrected chi connectivity index (χ1v) is 7.68. The summed E-state index contributed by atoms with van der Waals surface area (Å²) in [7, 11) is 1.00. The molecule has 1 aromatic heterocycles. The zero-order valence-electron chi connectivity index (χ0n) is 14.4. The maximum Gasteiger partial charge on any atom is 0.268 e. The van der Waals surface area contributed by atoms with Crippen molar-refractivity contribution in [2.45, 2.75) is 26.0 Å². The number of benzene rings is 1. The number of nitrogens with zero attached hydrogens (tertiary/aromatic N) is 2. The van der Waals surface area contributed by atoms with E-state index in [2.05, 4.69) is 16.8 Å². The second kappa shape index (κ2) is 7.38. The molecule has 0 saturated heterocycles. The summed E-state index contributed by atoms with van der Waals surface area (Å²) in [6.07, 6.45) is 1.63. The molecule has 0 unspecified atom stereocenters. The largest absolute Gasteiger partial charge is 0.491 e. The second-order valence-corrected chi connectivity index (χ2v) is 5.88. The van der Waals surface area contributed by atoms with Gasteiger partial charge in [0.25, 0.3) is 5.91 Å². The van der Waals surface area contributed by atoms with Gasteiger partial charge >= 0.3 is 0 Å². The number of ether oxygens (including phenoxy) is 1. The molecule has 25 heavy (non-hydrogen) atoms. The summed E-state index contributed by atoms with van der Waals surface area (Å²) in [5.74, 6) is 6.44. The van der Waals surface area contributed by atoms with Crippen molar-refractivity contribution in [2.75, 3.05) is 13.7 Å². The van der Waals surface area contributed by atoms with Crippen LogP contribution < -0.4 is 10.5 Å². The zero-order chi connectivity index (χ0) is 18.6. The Morgan fingerprint density at radius 2 is 2.12 bits per heavy atom. The van der Waals surface area contributed by atoms with Gasteiger partial charge in [0.1, 0.15) is 29.5 Å². The first-order valence-electron chi connectivity index (χ1n) is 7.68. The van der Waals surface area contributed by atoms with Crippen LogP contribution in [0.4, 0.5) is 0 Å². The number of amides is 1. The molecule has 4 N–H and O–H groups in total. The van der Waals surface area contributed by atoms with Gasteiger partial charge in [0.15, 0.2) is 0 Å². The van der Waals surface area contributed by atoms with Gasteiger partial charge in [0.05, 0.1) is 12.1 Å². The van der Waals surface area contributed by atoms with Gasteiger partial charge in [-0.25, -0.2) is 4.98 Å². The van der Waals surface area contributed by atoms with Crippen molar-refractivity contribution < 1.29 is 19.7 Å². The van der Waals surface area contributed by atoms with E-state index < -0.39 is 11.5 Å². The summed E-state index contributed by atoms with van der Waals surface area (Å²) in [6.45, 7) is 4.30. The molecule has 7 nitrogen and oxygen atoms in total. The fourth-order valence-electron chi connectivity index (χ4n) is 2.31. The molecule has 0 radical (unpaired) electrons. The molecule has 2 heterocycles. The molecular weight excluding hydrogens is 322 g/mol. The molecule has 0 bridgehead atoms. The molecule has 1 aromatic carbocycles. The van der Waals surface area contributed by atoms with Crippen molar-refractivity contribution in [1.29, 1.82) is 0 Å². The molecule has 0 aliphatic carbocycles. The Labute approximate surface area is 146 Å². The van der Waals surface area contributed by atoms with Gasteiger partial charge in [-0.1, -0.05) is 11.8 Å². The van der Waals surface area contributed by atoms with Gasteiger partial charge in [0.2, 0.25) is 0 Å². The minimum Gasteiger partial charge on any atom is -0.491 e. The van der Waals surface area contributed by atoms with Crippen molar-refractivity contribution in [3.8, 4) is 29.0 Å². The number of primary amides is 1. The molecule has 1 aliphatic rings. The van der Waals surface area contributed by atoms with Crippen molar-refractivity contribution in [3.05, 3.63) is 35.7 Å². The molecule has 7 heteroatoms. The first kappa shape index (κ1) is 18.5. The van der Waals surface area contributed by atoms with E-state index in [-0.39, 0.29) is 5.69 Å². The average molecular weight is 343 g/mol. The summed E-state index contributed by atoms with van der Waals surface area (Å²) in [5, 5.41) is 16.7. The lowest BCUT2D eigenvalue weighted by Gasteiger charge is -2.08. The molecule has 0 spiro atoms. The van der Waals surface area contributed by atoms with E-state index in [1.165, 1.54) is 0 Å². The maximum atomic E-state index is 11.4. The fraction of sp³-hybridized carbons (Fsp3) is 0.333. The van der Waals surface area contributed by atoms with Gasteiger partial charge in [-0.2, -0.15) is 0 Å². The Kier molecular flexibility index (Phi) is 5.47. The van der Waals surface area contributed by atoms with Crippen molar-refractivity contribution in [3.63, 3.8) is 0 Å². The Morgan fingerprint density at radius 1 is 1.40 bits per heavy atom. The summed E-state index contributed by atoms with van der Waals surface area (Å²) in [5.41, 5.74) is 5.94. The van der Waals surface area contributed by atoms with Crippen LogP contribution in [0.1, 0.15) is 29.9 Å². The lowest BCUT2D eigenvalue weighted by atomic mass is 10.1. The van der Waals surface area contributed by atoms with E-state index in [4.69, 9.17) is 15.6 Å². The smallest absolute Gasteiger partial charge is 0.268 e. The van der Waals surface area contributed by atoms with Gasteiger partial charge in [-0.05, 0) is 32.0 Å². The summed E-state index contributed by atoms with van der Waals surface area (Å²) < 4.78 is 7.56. The van der Waals surface area contributed by atoms with E-state index in [0.29, 0.717) is 24.7 Å². The normalized spacial score (nSPS) is 12.2. The molecule has 0 atom stereocenters. The SMILES string of the molecule is CC(C)(O)C#Cc1ccc2c(c1)-c1nc(C(N)=O)cn1CCO2.CO. The molecule has 0 saturated carbocycles. The number of rotatable bonds is 1. The number of fused-ring (bicyclic) bond motifs is 3. The highest BCUT2D eigenvalue weighted by Crippen LogP contribution is 2.32. The van der Waals surface area contributed by atoms with Gasteiger partial charge in [-0.3, -0.25) is 4.79 Å². The van der Waals surface area contributed by atoms with E-state index in [1.807, 2.05) is 22.8 Å². The predicted molar refractivity (Wildman–Crippen MR) is 93.0 cm³/mol. The number of hydrogen-bond donors (Lipinski definition) is 3. The van der Waals surface area contributed by atoms with Gasteiger partial charge in [-0.15, -0.1) is 0 Å². The second-order valence-electron chi connectivity index (χ2n) is 5.88. The standard InChI is InChI=1S/C17H17N3O3.CH4O/c1-17(2,22)6-5-11-3-4-14-12(9-11)16-19-13(15(18)21)10-20(16)7-8-23-14;1-2/h3-4,9-10,22H,7-8H2,1-2H3,(H2,18,21);2H,1H3. The van der Waals surface area contributed by atoms with Crippen LogP contribution in [-0.4, -0.2) is 45.0 Å². The third kappa shape index (κ3) is 4.38. The quantitative estimate of drug-likeness (QED) is 0.663. The zero-order valence-corrected chi connectivity index (χ0v) is 14.4. The molecule has 132 valence electrons. The van der Waals surface area contributed by atoms with Crippen LogP contribution in [0.25, 0.3) is 11.4 Å². The molecule has 1 amide bonds. The number of imidazole rings is 1. The van der Waals surface area contributed by atoms with Crippen LogP contribution >= 0.6 is 0 Å². The van der Waals surface area contributed by atoms with Crippen LogP contribution in [0.2, 0.25) is 0 Å². The summed E-state index contributed by atoms with van der Waals surface area (Å²) >= 11 is 0. The minimum absolute atomic E-state index is 0.223. The number of hydrogen-bond acceptors (Lipinski definition) is 5. The van der Waals surface area contributed by atoms with E-state index in [9.17, 15) is 9.90 Å². The lowest BCUT2D eigenvalue weighted by molar-refractivity contribution is 0.0995. The van der Waals surface area contributed by atoms with Crippen LogP contribution in [0.5, 0.6) is 5.75 Å². The number of aliphatic hydroxyl groups is 2. The Bertz CT molecular complexity index is 838. The lowest BCUT2D eigenvalue weighted by Crippen LogP contribution is -2.14. The number of carbonyl (C=O) groups is 1. The van der Waals surface area contributed by atoms with Crippen LogP contribution in [0.15, 0.2) is 24.4 Å². The summed E-state index contributed by atoms with van der Waals surface area (Å²) in [6, 6.07) is 5.48. The monoisotopic (exact) mass is 343 g/mol. The number of aromatic nitrogens is 2. The molecule has 0 fully saturated rings. The highest BCUT2D eigenvalue weighted by Gasteiger charge is 2.20. The molecule has 2 aromatic rings. The Balaban J connectivity index is 0.00000109. The molecular formula is C18H21N3O4. The highest BCUT2D eigenvalue weighted by molar-refractivity contribution is 5.91. The fourth-order valence-corrected chi connectivity index (χ4v) is 2.31. The first-order chi connectivity index (χ1) is 11.8. The van der Waals surface area contributed by atoms with Crippen LogP contribution in [0, 0.1) is 11.8 Å². The molecule has 3 rings (SSSR count). The van der Waals surface area contributed by atoms with Crippen LogP contribution in [0.3, 0.4) is 0 Å². The van der Waals surface area contributed by atoms with E-state index in [1.54, 1.807) is 20.0 Å².